The van der Waals surface area contributed by atoms with Gasteiger partial charge in [0.15, 0.2) is 11.7 Å². The van der Waals surface area contributed by atoms with Gasteiger partial charge < -0.3 is 14.1 Å². The van der Waals surface area contributed by atoms with Crippen LogP contribution < -0.4 is 4.74 Å². The average Bonchev–Trinajstić information content (AvgIpc) is 3.50. The minimum Gasteiger partial charge on any atom is -0.496 e. The Bertz CT molecular complexity index is 1150. The second-order valence-corrected chi connectivity index (χ2v) is 8.66. The molecule has 0 radical (unpaired) electrons. The van der Waals surface area contributed by atoms with Crippen molar-refractivity contribution in [2.45, 2.75) is 32.9 Å². The zero-order chi connectivity index (χ0) is 22.3. The summed E-state index contributed by atoms with van der Waals surface area (Å²) < 4.78 is 11.4. The molecular weight excluding hydrogens is 420 g/mol. The molecule has 0 aliphatic rings. The maximum absolute atomic E-state index is 13.2. The molecule has 0 bridgehead atoms. The molecule has 32 heavy (non-hydrogen) atoms. The van der Waals surface area contributed by atoms with Crippen molar-refractivity contribution in [1.29, 1.82) is 0 Å². The summed E-state index contributed by atoms with van der Waals surface area (Å²) >= 11 is 1.65. The summed E-state index contributed by atoms with van der Waals surface area (Å²) in [6.45, 7) is 3.10. The van der Waals surface area contributed by atoms with Gasteiger partial charge in [-0.15, -0.1) is 11.3 Å². The molecule has 0 fully saturated rings. The smallest absolute Gasteiger partial charge is 0.223 e. The van der Waals surface area contributed by atoms with Gasteiger partial charge in [0, 0.05) is 35.4 Å². The van der Waals surface area contributed by atoms with Crippen LogP contribution in [0.5, 0.6) is 5.75 Å². The third-order valence-electron chi connectivity index (χ3n) is 5.28. The van der Waals surface area contributed by atoms with Crippen LogP contribution in [-0.2, 0) is 24.3 Å². The first-order valence-corrected chi connectivity index (χ1v) is 11.4. The van der Waals surface area contributed by atoms with Crippen molar-refractivity contribution in [2.75, 3.05) is 7.11 Å². The number of thiophene rings is 1. The summed E-state index contributed by atoms with van der Waals surface area (Å²) in [6.07, 6.45) is 2.51. The molecule has 0 N–H and O–H groups in total. The van der Waals surface area contributed by atoms with E-state index in [0.717, 1.165) is 27.5 Å². The molecule has 5 nitrogen and oxygen atoms in total. The lowest BCUT2D eigenvalue weighted by atomic mass is 10.1. The van der Waals surface area contributed by atoms with Crippen molar-refractivity contribution in [3.63, 3.8) is 0 Å². The molecule has 0 aliphatic carbocycles. The van der Waals surface area contributed by atoms with E-state index in [0.29, 0.717) is 31.8 Å². The van der Waals surface area contributed by atoms with E-state index in [1.165, 1.54) is 5.56 Å². The lowest BCUT2D eigenvalue weighted by Gasteiger charge is -2.23. The Labute approximate surface area is 192 Å². The molecule has 0 unspecified atom stereocenters. The highest BCUT2D eigenvalue weighted by atomic mass is 32.1. The van der Waals surface area contributed by atoms with Crippen LogP contribution in [0.4, 0.5) is 0 Å². The van der Waals surface area contributed by atoms with Gasteiger partial charge in [0.05, 0.1) is 19.9 Å². The Hall–Kier alpha value is -3.38. The van der Waals surface area contributed by atoms with Crippen LogP contribution >= 0.6 is 11.3 Å². The van der Waals surface area contributed by atoms with E-state index in [9.17, 15) is 4.79 Å². The highest BCUT2D eigenvalue weighted by molar-refractivity contribution is 7.09. The number of carbonyl (C=O) groups excluding carboxylic acids is 1. The largest absolute Gasteiger partial charge is 0.496 e. The molecule has 6 heteroatoms. The summed E-state index contributed by atoms with van der Waals surface area (Å²) in [5.41, 5.74) is 3.16. The lowest BCUT2D eigenvalue weighted by molar-refractivity contribution is -0.132. The van der Waals surface area contributed by atoms with Crippen LogP contribution in [0.25, 0.3) is 11.3 Å². The first-order chi connectivity index (χ1) is 15.6. The maximum atomic E-state index is 13.2. The zero-order valence-electron chi connectivity index (χ0n) is 18.3. The Morgan fingerprint density at radius 3 is 2.62 bits per heavy atom. The minimum absolute atomic E-state index is 0.0550. The predicted octanol–water partition coefficient (Wildman–Crippen LogP) is 5.88. The van der Waals surface area contributed by atoms with Gasteiger partial charge in [-0.1, -0.05) is 54.1 Å². The fourth-order valence-electron chi connectivity index (χ4n) is 3.51. The summed E-state index contributed by atoms with van der Waals surface area (Å²) in [4.78, 5) is 20.6. The van der Waals surface area contributed by atoms with Crippen LogP contribution in [0.3, 0.4) is 0 Å². The summed E-state index contributed by atoms with van der Waals surface area (Å²) in [6, 6.07) is 20.0. The van der Waals surface area contributed by atoms with E-state index in [4.69, 9.17) is 9.15 Å². The number of aromatic nitrogens is 1. The van der Waals surface area contributed by atoms with Crippen LogP contribution in [-0.4, -0.2) is 22.9 Å². The van der Waals surface area contributed by atoms with E-state index in [1.54, 1.807) is 24.6 Å². The Balaban J connectivity index is 1.44. The number of rotatable bonds is 9. The molecule has 164 valence electrons. The highest BCUT2D eigenvalue weighted by Gasteiger charge is 2.18. The van der Waals surface area contributed by atoms with Gasteiger partial charge in [-0.2, -0.15) is 0 Å². The molecule has 2 heterocycles. The Morgan fingerprint density at radius 1 is 1.06 bits per heavy atom. The molecule has 4 aromatic rings. The number of para-hydroxylation sites is 1. The van der Waals surface area contributed by atoms with Crippen LogP contribution in [0, 0.1) is 6.92 Å². The van der Waals surface area contributed by atoms with E-state index in [2.05, 4.69) is 11.1 Å². The number of aryl methyl sites for hydroxylation is 2. The van der Waals surface area contributed by atoms with Crippen LogP contribution in [0.1, 0.15) is 28.3 Å². The maximum Gasteiger partial charge on any atom is 0.223 e. The van der Waals surface area contributed by atoms with Crippen molar-refractivity contribution in [3.8, 4) is 17.1 Å². The average molecular weight is 447 g/mol. The van der Waals surface area contributed by atoms with Crippen molar-refractivity contribution >= 4 is 17.2 Å². The van der Waals surface area contributed by atoms with Crippen molar-refractivity contribution in [3.05, 3.63) is 94.1 Å². The van der Waals surface area contributed by atoms with Crippen LogP contribution in [0.2, 0.25) is 0 Å². The topological polar surface area (TPSA) is 55.6 Å². The standard InChI is InChI=1S/C26H26N2O3S/c1-19-9-11-20(12-10-19)24-16-27-25(31-24)13-14-26(29)28(18-22-7-5-15-32-22)17-21-6-3-4-8-23(21)30-2/h3-12,15-16H,13-14,17-18H2,1-2H3. The normalized spacial score (nSPS) is 10.8. The van der Waals surface area contributed by atoms with Gasteiger partial charge in [0.2, 0.25) is 5.91 Å². The quantitative estimate of drug-likeness (QED) is 0.322. The highest BCUT2D eigenvalue weighted by Crippen LogP contribution is 2.24. The molecule has 0 spiro atoms. The van der Waals surface area contributed by atoms with Gasteiger partial charge in [0.1, 0.15) is 5.75 Å². The van der Waals surface area contributed by atoms with E-state index >= 15 is 0 Å². The number of hydrogen-bond donors (Lipinski definition) is 0. The van der Waals surface area contributed by atoms with Crippen LogP contribution in [0.15, 0.2) is 76.7 Å². The third-order valence-corrected chi connectivity index (χ3v) is 6.14. The molecule has 2 aromatic carbocycles. The van der Waals surface area contributed by atoms with Crippen molar-refractivity contribution in [1.82, 2.24) is 9.88 Å². The zero-order valence-corrected chi connectivity index (χ0v) is 19.1. The molecule has 0 aliphatic heterocycles. The van der Waals surface area contributed by atoms with Gasteiger partial charge in [0.25, 0.3) is 0 Å². The molecule has 0 saturated carbocycles. The number of hydrogen-bond acceptors (Lipinski definition) is 5. The summed E-state index contributed by atoms with van der Waals surface area (Å²) in [7, 11) is 1.65. The first-order valence-electron chi connectivity index (χ1n) is 10.6. The van der Waals surface area contributed by atoms with E-state index < -0.39 is 0 Å². The van der Waals surface area contributed by atoms with Gasteiger partial charge >= 0.3 is 0 Å². The second-order valence-electron chi connectivity index (χ2n) is 7.63. The number of carbonyl (C=O) groups is 1. The fraction of sp³-hybridized carbons (Fsp3) is 0.231. The number of benzene rings is 2. The molecule has 0 saturated heterocycles. The fourth-order valence-corrected chi connectivity index (χ4v) is 4.23. The summed E-state index contributed by atoms with van der Waals surface area (Å²) in [5.74, 6) is 2.13. The molecule has 2 aromatic heterocycles. The number of amides is 1. The lowest BCUT2D eigenvalue weighted by Crippen LogP contribution is -2.30. The van der Waals surface area contributed by atoms with Gasteiger partial charge in [-0.05, 0) is 24.4 Å². The second kappa shape index (κ2) is 10.3. The molecule has 4 rings (SSSR count). The molecule has 0 atom stereocenters. The number of nitrogens with zero attached hydrogens (tertiary/aromatic N) is 2. The molecule has 1 amide bonds. The Morgan fingerprint density at radius 2 is 1.88 bits per heavy atom. The third kappa shape index (κ3) is 5.45. The number of ether oxygens (including phenoxy) is 1. The predicted molar refractivity (Wildman–Crippen MR) is 127 cm³/mol. The van der Waals surface area contributed by atoms with Crippen molar-refractivity contribution < 1.29 is 13.9 Å². The van der Waals surface area contributed by atoms with Gasteiger partial charge in [-0.3, -0.25) is 4.79 Å². The van der Waals surface area contributed by atoms with E-state index in [1.807, 2.05) is 71.8 Å². The number of methoxy groups -OCH3 is 1. The van der Waals surface area contributed by atoms with Crippen molar-refractivity contribution in [2.24, 2.45) is 0 Å². The van der Waals surface area contributed by atoms with E-state index in [-0.39, 0.29) is 5.91 Å². The molecular formula is C26H26N2O3S. The minimum atomic E-state index is 0.0550. The van der Waals surface area contributed by atoms with Gasteiger partial charge in [-0.25, -0.2) is 4.98 Å². The number of oxazole rings is 1. The Kier molecular flexibility index (Phi) is 7.02. The SMILES string of the molecule is COc1ccccc1CN(Cc1cccs1)C(=O)CCc1ncc(-c2ccc(C)cc2)o1. The monoisotopic (exact) mass is 446 g/mol. The first kappa shape index (κ1) is 21.8. The summed E-state index contributed by atoms with van der Waals surface area (Å²) in [5, 5.41) is 2.03.